The molecule has 0 amide bonds. The molecule has 1 aromatic heterocycles. The molecule has 0 aliphatic rings. The van der Waals surface area contributed by atoms with E-state index in [4.69, 9.17) is 9.84 Å². The third-order valence-electron chi connectivity index (χ3n) is 1.43. The molecule has 6 heteroatoms. The Morgan fingerprint density at radius 2 is 2.43 bits per heavy atom. The number of aromatic carboxylic acids is 1. The molecule has 0 spiro atoms. The van der Waals surface area contributed by atoms with Gasteiger partial charge in [-0.25, -0.2) is 9.89 Å². The second-order valence-electron chi connectivity index (χ2n) is 2.29. The highest BCUT2D eigenvalue weighted by Crippen LogP contribution is 2.14. The summed E-state index contributed by atoms with van der Waals surface area (Å²) in [4.78, 5) is 10.6. The molecule has 1 aromatic rings. The van der Waals surface area contributed by atoms with E-state index in [0.29, 0.717) is 5.76 Å². The predicted molar refractivity (Wildman–Crippen MR) is 47.9 cm³/mol. The smallest absolute Gasteiger partial charge is 0.359 e. The minimum absolute atomic E-state index is 0.0782. The number of nitrogens with zero attached hydrogens (tertiary/aromatic N) is 2. The zero-order valence-corrected chi connectivity index (χ0v) is 7.52. The number of nitrogens with one attached hydrogen (secondary N) is 1. The van der Waals surface area contributed by atoms with Crippen LogP contribution in [0.15, 0.2) is 24.5 Å². The Morgan fingerprint density at radius 3 is 2.93 bits per heavy atom. The molecule has 0 aliphatic heterocycles. The SMILES string of the molecule is C=C/C(=C\C)Oc1nn[nH]c1C(=O)O. The number of rotatable bonds is 4. The van der Waals surface area contributed by atoms with Gasteiger partial charge in [-0.1, -0.05) is 16.9 Å². The van der Waals surface area contributed by atoms with Gasteiger partial charge in [-0.15, -0.1) is 0 Å². The molecule has 0 aliphatic carbocycles. The number of hydrogen-bond acceptors (Lipinski definition) is 4. The average molecular weight is 195 g/mol. The first-order valence-corrected chi connectivity index (χ1v) is 3.80. The molecule has 0 bridgehead atoms. The fourth-order valence-corrected chi connectivity index (χ4v) is 0.759. The number of aromatic nitrogens is 3. The monoisotopic (exact) mass is 195 g/mol. The van der Waals surface area contributed by atoms with Crippen LogP contribution >= 0.6 is 0 Å². The van der Waals surface area contributed by atoms with Gasteiger partial charge in [0.25, 0.3) is 5.88 Å². The summed E-state index contributed by atoms with van der Waals surface area (Å²) in [5.74, 6) is -0.837. The van der Waals surface area contributed by atoms with Crippen molar-refractivity contribution in [2.24, 2.45) is 0 Å². The van der Waals surface area contributed by atoms with Gasteiger partial charge in [0, 0.05) is 0 Å². The molecule has 0 radical (unpaired) electrons. The number of H-pyrrole nitrogens is 1. The fraction of sp³-hybridized carbons (Fsp3) is 0.125. The van der Waals surface area contributed by atoms with Crippen LogP contribution in [0.5, 0.6) is 5.88 Å². The number of carboxylic acids is 1. The highest BCUT2D eigenvalue weighted by molar-refractivity contribution is 5.87. The van der Waals surface area contributed by atoms with Crippen molar-refractivity contribution in [2.75, 3.05) is 0 Å². The molecule has 74 valence electrons. The topological polar surface area (TPSA) is 88.1 Å². The molecule has 0 saturated carbocycles. The van der Waals surface area contributed by atoms with E-state index in [0.717, 1.165) is 0 Å². The number of hydrogen-bond donors (Lipinski definition) is 2. The zero-order valence-electron chi connectivity index (χ0n) is 7.52. The third-order valence-corrected chi connectivity index (χ3v) is 1.43. The third kappa shape index (κ3) is 1.98. The summed E-state index contributed by atoms with van der Waals surface area (Å²) in [7, 11) is 0. The molecule has 0 saturated heterocycles. The average Bonchev–Trinajstić information content (AvgIpc) is 2.62. The van der Waals surface area contributed by atoms with Gasteiger partial charge in [0.1, 0.15) is 5.76 Å². The van der Waals surface area contributed by atoms with Gasteiger partial charge in [-0.3, -0.25) is 0 Å². The number of ether oxygens (including phenoxy) is 1. The van der Waals surface area contributed by atoms with Gasteiger partial charge >= 0.3 is 5.97 Å². The van der Waals surface area contributed by atoms with Crippen molar-refractivity contribution < 1.29 is 14.6 Å². The van der Waals surface area contributed by atoms with Crippen LogP contribution in [0, 0.1) is 0 Å². The Bertz CT molecular complexity index is 381. The second kappa shape index (κ2) is 4.22. The summed E-state index contributed by atoms with van der Waals surface area (Å²) in [6.45, 7) is 5.22. The van der Waals surface area contributed by atoms with E-state index in [1.54, 1.807) is 13.0 Å². The molecule has 1 rings (SSSR count). The number of carbonyl (C=O) groups is 1. The van der Waals surface area contributed by atoms with Crippen LogP contribution in [0.25, 0.3) is 0 Å². The summed E-state index contributed by atoms with van der Waals surface area (Å²) >= 11 is 0. The van der Waals surface area contributed by atoms with Crippen molar-refractivity contribution in [2.45, 2.75) is 6.92 Å². The Hall–Kier alpha value is -2.11. The van der Waals surface area contributed by atoms with E-state index in [1.165, 1.54) is 6.08 Å². The maximum Gasteiger partial charge on any atom is 0.359 e. The second-order valence-corrected chi connectivity index (χ2v) is 2.29. The Balaban J connectivity index is 2.91. The van der Waals surface area contributed by atoms with Crippen LogP contribution in [-0.4, -0.2) is 26.5 Å². The van der Waals surface area contributed by atoms with Gasteiger partial charge in [0.2, 0.25) is 5.69 Å². The van der Waals surface area contributed by atoms with Crippen molar-refractivity contribution in [3.05, 3.63) is 30.2 Å². The lowest BCUT2D eigenvalue weighted by Crippen LogP contribution is -2.01. The Morgan fingerprint density at radius 1 is 1.71 bits per heavy atom. The van der Waals surface area contributed by atoms with Crippen molar-refractivity contribution in [3.63, 3.8) is 0 Å². The van der Waals surface area contributed by atoms with E-state index in [9.17, 15) is 4.79 Å². The van der Waals surface area contributed by atoms with Crippen LogP contribution in [0.2, 0.25) is 0 Å². The summed E-state index contributed by atoms with van der Waals surface area (Å²) in [6, 6.07) is 0. The molecule has 6 nitrogen and oxygen atoms in total. The predicted octanol–water partition coefficient (Wildman–Crippen LogP) is 0.972. The fourth-order valence-electron chi connectivity index (χ4n) is 0.759. The molecular weight excluding hydrogens is 186 g/mol. The van der Waals surface area contributed by atoms with Crippen LogP contribution < -0.4 is 4.74 Å². The van der Waals surface area contributed by atoms with Crippen LogP contribution in [0.3, 0.4) is 0 Å². The highest BCUT2D eigenvalue weighted by Gasteiger charge is 2.16. The zero-order chi connectivity index (χ0) is 10.6. The quantitative estimate of drug-likeness (QED) is 0.552. The first kappa shape index (κ1) is 9.97. The summed E-state index contributed by atoms with van der Waals surface area (Å²) in [6.07, 6.45) is 3.08. The van der Waals surface area contributed by atoms with E-state index in [1.807, 2.05) is 0 Å². The minimum Gasteiger partial charge on any atom is -0.476 e. The Kier molecular flexibility index (Phi) is 3.01. The van der Waals surface area contributed by atoms with Crippen LogP contribution in [-0.2, 0) is 0 Å². The van der Waals surface area contributed by atoms with Gasteiger partial charge in [0.15, 0.2) is 0 Å². The molecule has 0 fully saturated rings. The summed E-state index contributed by atoms with van der Waals surface area (Å²) in [5.41, 5.74) is -0.189. The maximum atomic E-state index is 10.6. The van der Waals surface area contributed by atoms with E-state index in [-0.39, 0.29) is 11.6 Å². The lowest BCUT2D eigenvalue weighted by Gasteiger charge is -2.01. The number of aromatic amines is 1. The van der Waals surface area contributed by atoms with Crippen molar-refractivity contribution in [1.29, 1.82) is 0 Å². The number of carboxylic acid groups (broad SMARTS) is 1. The van der Waals surface area contributed by atoms with E-state index >= 15 is 0 Å². The number of allylic oxidation sites excluding steroid dienone is 2. The van der Waals surface area contributed by atoms with E-state index < -0.39 is 5.97 Å². The van der Waals surface area contributed by atoms with Crippen molar-refractivity contribution >= 4 is 5.97 Å². The molecule has 2 N–H and O–H groups in total. The molecule has 14 heavy (non-hydrogen) atoms. The molecular formula is C8H9N3O3. The lowest BCUT2D eigenvalue weighted by molar-refractivity contribution is 0.0687. The lowest BCUT2D eigenvalue weighted by atomic mass is 10.4. The normalized spacial score (nSPS) is 11.1. The first-order valence-electron chi connectivity index (χ1n) is 3.80. The molecule has 0 unspecified atom stereocenters. The molecule has 1 heterocycles. The van der Waals surface area contributed by atoms with Crippen molar-refractivity contribution in [1.82, 2.24) is 15.4 Å². The van der Waals surface area contributed by atoms with Gasteiger partial charge in [-0.05, 0) is 19.1 Å². The van der Waals surface area contributed by atoms with Gasteiger partial charge in [0.05, 0.1) is 0 Å². The van der Waals surface area contributed by atoms with Gasteiger partial charge < -0.3 is 9.84 Å². The van der Waals surface area contributed by atoms with Crippen LogP contribution in [0.4, 0.5) is 0 Å². The molecule has 0 atom stereocenters. The van der Waals surface area contributed by atoms with Crippen molar-refractivity contribution in [3.8, 4) is 5.88 Å². The maximum absolute atomic E-state index is 10.6. The first-order chi connectivity index (χ1) is 6.69. The minimum atomic E-state index is -1.18. The van der Waals surface area contributed by atoms with Crippen LogP contribution in [0.1, 0.15) is 17.4 Å². The largest absolute Gasteiger partial charge is 0.476 e. The van der Waals surface area contributed by atoms with Gasteiger partial charge in [-0.2, -0.15) is 0 Å². The standard InChI is InChI=1S/C8H9N3O3/c1-3-5(4-2)14-7-6(8(12)13)9-11-10-7/h3-4H,1H2,2H3,(H,12,13)(H,9,10,11)/b5-4+. The Labute approximate surface area is 79.9 Å². The highest BCUT2D eigenvalue weighted by atomic mass is 16.5. The summed E-state index contributed by atoms with van der Waals surface area (Å²) < 4.78 is 5.10. The molecule has 0 aromatic carbocycles. The van der Waals surface area contributed by atoms with E-state index in [2.05, 4.69) is 22.0 Å². The summed E-state index contributed by atoms with van der Waals surface area (Å²) in [5, 5.41) is 17.7.